The summed E-state index contributed by atoms with van der Waals surface area (Å²) in [6.07, 6.45) is 0.706. The van der Waals surface area contributed by atoms with Crippen LogP contribution in [0.2, 0.25) is 0 Å². The van der Waals surface area contributed by atoms with Crippen molar-refractivity contribution in [1.29, 1.82) is 0 Å². The monoisotopic (exact) mass is 595 g/mol. The van der Waals surface area contributed by atoms with E-state index in [4.69, 9.17) is 0 Å². The van der Waals surface area contributed by atoms with Crippen LogP contribution < -0.4 is 21.3 Å². The average Bonchev–Trinajstić information content (AvgIpc) is 3.15. The van der Waals surface area contributed by atoms with Crippen LogP contribution in [-0.4, -0.2) is 81.6 Å². The molecule has 2 aromatic rings. The Morgan fingerprint density at radius 3 is 2.19 bits per heavy atom. The molecule has 1 saturated heterocycles. The lowest BCUT2D eigenvalue weighted by molar-refractivity contribution is -0.142. The number of phenolic OH excluding ortho intramolecular Hbond substituents is 1. The second-order valence-electron chi connectivity index (χ2n) is 11.7. The number of hydrogen-bond donors (Lipinski definition) is 6. The highest BCUT2D eigenvalue weighted by molar-refractivity contribution is 5.93. The van der Waals surface area contributed by atoms with E-state index in [1.54, 1.807) is 62.4 Å². The average molecular weight is 596 g/mol. The third-order valence-electron chi connectivity index (χ3n) is 7.15. The molecular weight excluding hydrogens is 554 g/mol. The van der Waals surface area contributed by atoms with Gasteiger partial charge in [0.1, 0.15) is 24.4 Å². The van der Waals surface area contributed by atoms with E-state index in [1.807, 2.05) is 19.9 Å². The minimum atomic E-state index is -1.17. The van der Waals surface area contributed by atoms with E-state index in [-0.39, 0.29) is 37.0 Å². The third-order valence-corrected chi connectivity index (χ3v) is 7.15. The standard InChI is InChI=1S/C31H41N5O7/c1-19(2)14-25(30(42)43)34-28(40)23(15-20-8-6-5-7-9-20)33-26(38)17-32-27(39)18-36-29(41)24(35-31(36,3)4)16-21-10-12-22(37)13-11-21/h5-13,19,23-25,35,37H,14-18H2,1-4H3,(H,32,39)(H,33,38)(H,34,40)(H,42,43)/t23-,24-,25-/m0/s1. The largest absolute Gasteiger partial charge is 0.508 e. The SMILES string of the molecule is CC(C)C[C@H](NC(=O)[C@H](Cc1ccccc1)NC(=O)CNC(=O)CN1C(=O)[C@H](Cc2ccc(O)cc2)NC1(C)C)C(=O)O. The van der Waals surface area contributed by atoms with Gasteiger partial charge in [0, 0.05) is 6.42 Å². The maximum atomic E-state index is 13.1. The Morgan fingerprint density at radius 1 is 0.930 bits per heavy atom. The molecule has 0 radical (unpaired) electrons. The van der Waals surface area contributed by atoms with Gasteiger partial charge in [-0.2, -0.15) is 0 Å². The summed E-state index contributed by atoms with van der Waals surface area (Å²) in [5.41, 5.74) is 0.774. The van der Waals surface area contributed by atoms with Crippen molar-refractivity contribution in [3.63, 3.8) is 0 Å². The summed E-state index contributed by atoms with van der Waals surface area (Å²) < 4.78 is 0. The number of carbonyl (C=O) groups is 5. The number of benzene rings is 2. The summed E-state index contributed by atoms with van der Waals surface area (Å²) in [6, 6.07) is 12.7. The van der Waals surface area contributed by atoms with Crippen molar-refractivity contribution in [2.75, 3.05) is 13.1 Å². The first kappa shape index (κ1) is 33.1. The first-order valence-electron chi connectivity index (χ1n) is 14.3. The zero-order valence-corrected chi connectivity index (χ0v) is 24.9. The molecule has 43 heavy (non-hydrogen) atoms. The first-order valence-corrected chi connectivity index (χ1v) is 14.3. The second kappa shape index (κ2) is 14.6. The number of carbonyl (C=O) groups excluding carboxylic acids is 4. The zero-order valence-electron chi connectivity index (χ0n) is 24.9. The normalized spacial score (nSPS) is 17.3. The highest BCUT2D eigenvalue weighted by Crippen LogP contribution is 2.23. The van der Waals surface area contributed by atoms with Gasteiger partial charge in [-0.25, -0.2) is 4.79 Å². The lowest BCUT2D eigenvalue weighted by atomic mass is 10.0. The van der Waals surface area contributed by atoms with Crippen LogP contribution >= 0.6 is 0 Å². The van der Waals surface area contributed by atoms with E-state index in [0.717, 1.165) is 11.1 Å². The highest BCUT2D eigenvalue weighted by Gasteiger charge is 2.44. The molecule has 1 fully saturated rings. The van der Waals surface area contributed by atoms with Crippen LogP contribution in [-0.2, 0) is 36.8 Å². The number of carboxylic acids is 1. The Morgan fingerprint density at radius 2 is 1.58 bits per heavy atom. The summed E-state index contributed by atoms with van der Waals surface area (Å²) in [6.45, 7) is 6.50. The number of hydrogen-bond acceptors (Lipinski definition) is 7. The molecule has 12 nitrogen and oxygen atoms in total. The summed E-state index contributed by atoms with van der Waals surface area (Å²) in [5.74, 6) is -3.15. The van der Waals surface area contributed by atoms with E-state index in [9.17, 15) is 34.2 Å². The molecule has 1 heterocycles. The van der Waals surface area contributed by atoms with E-state index in [0.29, 0.717) is 6.42 Å². The van der Waals surface area contributed by atoms with Crippen molar-refractivity contribution < 1.29 is 34.2 Å². The number of rotatable bonds is 14. The Kier molecular flexibility index (Phi) is 11.2. The molecule has 232 valence electrons. The molecular formula is C31H41N5O7. The lowest BCUT2D eigenvalue weighted by Crippen LogP contribution is -2.55. The highest BCUT2D eigenvalue weighted by atomic mass is 16.4. The Hall–Kier alpha value is -4.45. The van der Waals surface area contributed by atoms with Crippen LogP contribution in [0.3, 0.4) is 0 Å². The van der Waals surface area contributed by atoms with Gasteiger partial charge in [-0.1, -0.05) is 56.3 Å². The van der Waals surface area contributed by atoms with Gasteiger partial charge in [-0.3, -0.25) is 24.5 Å². The molecule has 3 atom stereocenters. The summed E-state index contributed by atoms with van der Waals surface area (Å²) in [5, 5.41) is 29.9. The number of amides is 4. The van der Waals surface area contributed by atoms with Crippen LogP contribution in [0.1, 0.15) is 45.2 Å². The van der Waals surface area contributed by atoms with Gasteiger partial charge in [-0.05, 0) is 55.9 Å². The molecule has 0 bridgehead atoms. The minimum absolute atomic E-state index is 0.0181. The molecule has 0 unspecified atom stereocenters. The molecule has 3 rings (SSSR count). The van der Waals surface area contributed by atoms with Crippen molar-refractivity contribution in [2.24, 2.45) is 5.92 Å². The predicted molar refractivity (Wildman–Crippen MR) is 159 cm³/mol. The summed E-state index contributed by atoms with van der Waals surface area (Å²) in [4.78, 5) is 64.9. The van der Waals surface area contributed by atoms with E-state index < -0.39 is 54.0 Å². The Bertz CT molecular complexity index is 1300. The molecule has 1 aliphatic heterocycles. The lowest BCUT2D eigenvalue weighted by Gasteiger charge is -2.30. The van der Waals surface area contributed by atoms with Crippen LogP contribution in [0, 0.1) is 5.92 Å². The molecule has 0 aliphatic carbocycles. The number of nitrogens with zero attached hydrogens (tertiary/aromatic N) is 1. The maximum Gasteiger partial charge on any atom is 0.326 e. The smallest absolute Gasteiger partial charge is 0.326 e. The Balaban J connectivity index is 1.59. The predicted octanol–water partition coefficient (Wildman–Crippen LogP) is 0.930. The van der Waals surface area contributed by atoms with Gasteiger partial charge in [0.15, 0.2) is 0 Å². The van der Waals surface area contributed by atoms with Gasteiger partial charge < -0.3 is 31.1 Å². The van der Waals surface area contributed by atoms with Crippen molar-refractivity contribution in [1.82, 2.24) is 26.2 Å². The fraction of sp³-hybridized carbons (Fsp3) is 0.452. The molecule has 1 aliphatic rings. The van der Waals surface area contributed by atoms with Gasteiger partial charge in [0.05, 0.1) is 18.2 Å². The molecule has 0 saturated carbocycles. The van der Waals surface area contributed by atoms with E-state index in [2.05, 4.69) is 21.3 Å². The van der Waals surface area contributed by atoms with Crippen molar-refractivity contribution in [3.8, 4) is 5.75 Å². The number of carboxylic acid groups (broad SMARTS) is 1. The van der Waals surface area contributed by atoms with Crippen molar-refractivity contribution in [2.45, 2.75) is 70.7 Å². The summed E-state index contributed by atoms with van der Waals surface area (Å²) in [7, 11) is 0. The van der Waals surface area contributed by atoms with E-state index in [1.165, 1.54) is 4.90 Å². The van der Waals surface area contributed by atoms with Gasteiger partial charge >= 0.3 is 5.97 Å². The fourth-order valence-electron chi connectivity index (χ4n) is 4.96. The van der Waals surface area contributed by atoms with Crippen LogP contribution in [0.15, 0.2) is 54.6 Å². The number of phenols is 1. The first-order chi connectivity index (χ1) is 20.2. The maximum absolute atomic E-state index is 13.1. The van der Waals surface area contributed by atoms with E-state index >= 15 is 0 Å². The molecule has 0 aromatic heterocycles. The van der Waals surface area contributed by atoms with Gasteiger partial charge in [0.2, 0.25) is 23.6 Å². The van der Waals surface area contributed by atoms with Crippen molar-refractivity contribution in [3.05, 3.63) is 65.7 Å². The van der Waals surface area contributed by atoms with Crippen molar-refractivity contribution >= 4 is 29.6 Å². The van der Waals surface area contributed by atoms with Crippen LogP contribution in [0.5, 0.6) is 5.75 Å². The zero-order chi connectivity index (χ0) is 31.7. The number of aromatic hydroxyl groups is 1. The molecule has 6 N–H and O–H groups in total. The quantitative estimate of drug-likeness (QED) is 0.187. The molecule has 0 spiro atoms. The number of nitrogens with one attached hydrogen (secondary N) is 4. The molecule has 2 aromatic carbocycles. The minimum Gasteiger partial charge on any atom is -0.508 e. The summed E-state index contributed by atoms with van der Waals surface area (Å²) >= 11 is 0. The fourth-order valence-corrected chi connectivity index (χ4v) is 4.96. The van der Waals surface area contributed by atoms with Crippen LogP contribution in [0.25, 0.3) is 0 Å². The second-order valence-corrected chi connectivity index (χ2v) is 11.7. The third kappa shape index (κ3) is 9.81. The van der Waals surface area contributed by atoms with Gasteiger partial charge in [-0.15, -0.1) is 0 Å². The Labute approximate surface area is 251 Å². The topological polar surface area (TPSA) is 177 Å². The van der Waals surface area contributed by atoms with Gasteiger partial charge in [0.25, 0.3) is 0 Å². The molecule has 12 heteroatoms. The van der Waals surface area contributed by atoms with Crippen LogP contribution in [0.4, 0.5) is 0 Å². The number of aliphatic carboxylic acids is 1. The molecule has 4 amide bonds.